The van der Waals surface area contributed by atoms with Gasteiger partial charge in [0.1, 0.15) is 5.75 Å². The summed E-state index contributed by atoms with van der Waals surface area (Å²) in [7, 11) is 0. The standard InChI is InChI=1S/C23H16N2O2/c26-22(15-10-17-6-2-1-3-7-17)18-11-13-19(14-12-18)27-23-16-24-20-8-4-5-9-21(20)25-23/h1-16H/b15-10+. The summed E-state index contributed by atoms with van der Waals surface area (Å²) < 4.78 is 5.75. The summed E-state index contributed by atoms with van der Waals surface area (Å²) in [6.07, 6.45) is 4.96. The summed E-state index contributed by atoms with van der Waals surface area (Å²) in [5.74, 6) is 0.954. The number of hydrogen-bond acceptors (Lipinski definition) is 4. The summed E-state index contributed by atoms with van der Waals surface area (Å²) in [6, 6.07) is 24.3. The Bertz CT molecular complexity index is 1100. The monoisotopic (exact) mass is 352 g/mol. The number of carbonyl (C=O) groups excluding carboxylic acids is 1. The maximum absolute atomic E-state index is 12.3. The molecule has 1 heterocycles. The van der Waals surface area contributed by atoms with E-state index in [1.807, 2.05) is 54.6 Å². The Balaban J connectivity index is 1.46. The lowest BCUT2D eigenvalue weighted by molar-refractivity contribution is 0.104. The van der Waals surface area contributed by atoms with Crippen molar-refractivity contribution in [2.45, 2.75) is 0 Å². The Kier molecular flexibility index (Phi) is 4.70. The van der Waals surface area contributed by atoms with Crippen LogP contribution in [0, 0.1) is 0 Å². The first kappa shape index (κ1) is 16.7. The van der Waals surface area contributed by atoms with Gasteiger partial charge in [0.15, 0.2) is 5.78 Å². The molecule has 0 unspecified atom stereocenters. The summed E-state index contributed by atoms with van der Waals surface area (Å²) in [5, 5.41) is 0. The third kappa shape index (κ3) is 4.07. The van der Waals surface area contributed by atoms with Crippen molar-refractivity contribution in [3.63, 3.8) is 0 Å². The third-order valence-electron chi connectivity index (χ3n) is 4.01. The Labute approximate surface area is 156 Å². The second-order valence-electron chi connectivity index (χ2n) is 5.93. The molecule has 0 aliphatic carbocycles. The van der Waals surface area contributed by atoms with Crippen LogP contribution < -0.4 is 4.74 Å². The molecule has 0 N–H and O–H groups in total. The summed E-state index contributed by atoms with van der Waals surface area (Å²) in [6.45, 7) is 0. The van der Waals surface area contributed by atoms with E-state index in [0.717, 1.165) is 16.6 Å². The molecule has 0 amide bonds. The number of allylic oxidation sites excluding steroid dienone is 1. The molecule has 4 rings (SSSR count). The highest BCUT2D eigenvalue weighted by atomic mass is 16.5. The predicted octanol–water partition coefficient (Wildman–Crippen LogP) is 5.32. The Morgan fingerprint density at radius 2 is 1.52 bits per heavy atom. The fourth-order valence-electron chi connectivity index (χ4n) is 2.63. The minimum atomic E-state index is -0.0594. The Morgan fingerprint density at radius 1 is 0.815 bits per heavy atom. The molecule has 0 atom stereocenters. The topological polar surface area (TPSA) is 52.1 Å². The van der Waals surface area contributed by atoms with Gasteiger partial charge >= 0.3 is 0 Å². The van der Waals surface area contributed by atoms with Gasteiger partial charge in [-0.2, -0.15) is 0 Å². The largest absolute Gasteiger partial charge is 0.437 e. The van der Waals surface area contributed by atoms with Crippen LogP contribution in [0.25, 0.3) is 17.1 Å². The van der Waals surface area contributed by atoms with E-state index in [0.29, 0.717) is 17.2 Å². The lowest BCUT2D eigenvalue weighted by Crippen LogP contribution is -1.95. The van der Waals surface area contributed by atoms with E-state index >= 15 is 0 Å². The minimum Gasteiger partial charge on any atom is -0.437 e. The highest BCUT2D eigenvalue weighted by molar-refractivity contribution is 6.06. The molecule has 3 aromatic carbocycles. The van der Waals surface area contributed by atoms with Crippen molar-refractivity contribution in [3.8, 4) is 11.6 Å². The van der Waals surface area contributed by atoms with Crippen molar-refractivity contribution in [2.75, 3.05) is 0 Å². The van der Waals surface area contributed by atoms with Crippen LogP contribution in [0.5, 0.6) is 11.6 Å². The maximum Gasteiger partial charge on any atom is 0.238 e. The zero-order valence-electron chi connectivity index (χ0n) is 14.4. The van der Waals surface area contributed by atoms with Crippen molar-refractivity contribution >= 4 is 22.9 Å². The lowest BCUT2D eigenvalue weighted by Gasteiger charge is -2.06. The number of ether oxygens (including phenoxy) is 1. The van der Waals surface area contributed by atoms with Crippen LogP contribution in [-0.4, -0.2) is 15.8 Å². The van der Waals surface area contributed by atoms with Crippen molar-refractivity contribution in [3.05, 3.63) is 102 Å². The molecule has 0 aliphatic rings. The number of para-hydroxylation sites is 2. The molecule has 130 valence electrons. The normalized spacial score (nSPS) is 11.0. The number of carbonyl (C=O) groups is 1. The van der Waals surface area contributed by atoms with Crippen molar-refractivity contribution in [2.24, 2.45) is 0 Å². The number of nitrogens with zero attached hydrogens (tertiary/aromatic N) is 2. The highest BCUT2D eigenvalue weighted by Crippen LogP contribution is 2.21. The summed E-state index contributed by atoms with van der Waals surface area (Å²) in [5.41, 5.74) is 3.17. The van der Waals surface area contributed by atoms with Crippen LogP contribution in [0.3, 0.4) is 0 Å². The van der Waals surface area contributed by atoms with Crippen molar-refractivity contribution in [1.29, 1.82) is 0 Å². The molecular formula is C23H16N2O2. The van der Waals surface area contributed by atoms with E-state index in [1.54, 1.807) is 42.6 Å². The van der Waals surface area contributed by atoms with Gasteiger partial charge in [-0.1, -0.05) is 48.5 Å². The van der Waals surface area contributed by atoms with Gasteiger partial charge in [-0.15, -0.1) is 0 Å². The van der Waals surface area contributed by atoms with E-state index < -0.39 is 0 Å². The van der Waals surface area contributed by atoms with E-state index in [4.69, 9.17) is 4.74 Å². The van der Waals surface area contributed by atoms with Crippen LogP contribution in [-0.2, 0) is 0 Å². The fraction of sp³-hybridized carbons (Fsp3) is 0. The average Bonchev–Trinajstić information content (AvgIpc) is 2.73. The molecule has 4 heteroatoms. The number of benzene rings is 3. The molecule has 4 aromatic rings. The van der Waals surface area contributed by atoms with Crippen molar-refractivity contribution in [1.82, 2.24) is 9.97 Å². The molecule has 27 heavy (non-hydrogen) atoms. The molecular weight excluding hydrogens is 336 g/mol. The SMILES string of the molecule is O=C(/C=C/c1ccccc1)c1ccc(Oc2cnc3ccccc3n2)cc1. The van der Waals surface area contributed by atoms with E-state index in [9.17, 15) is 4.79 Å². The van der Waals surface area contributed by atoms with Crippen LogP contribution in [0.15, 0.2) is 91.1 Å². The van der Waals surface area contributed by atoms with Crippen LogP contribution >= 0.6 is 0 Å². The molecule has 0 radical (unpaired) electrons. The quantitative estimate of drug-likeness (QED) is 0.360. The molecule has 0 spiro atoms. The second kappa shape index (κ2) is 7.62. The fourth-order valence-corrected chi connectivity index (χ4v) is 2.63. The van der Waals surface area contributed by atoms with E-state index in [-0.39, 0.29) is 5.78 Å². The second-order valence-corrected chi connectivity index (χ2v) is 5.93. The smallest absolute Gasteiger partial charge is 0.238 e. The van der Waals surface area contributed by atoms with E-state index in [2.05, 4.69) is 9.97 Å². The van der Waals surface area contributed by atoms with Gasteiger partial charge in [-0.3, -0.25) is 4.79 Å². The molecule has 1 aromatic heterocycles. The van der Waals surface area contributed by atoms with Crippen LogP contribution in [0.4, 0.5) is 0 Å². The molecule has 0 bridgehead atoms. The lowest BCUT2D eigenvalue weighted by atomic mass is 10.1. The first-order chi connectivity index (χ1) is 13.3. The number of aromatic nitrogens is 2. The third-order valence-corrected chi connectivity index (χ3v) is 4.01. The Hall–Kier alpha value is -3.79. The number of hydrogen-bond donors (Lipinski definition) is 0. The van der Waals surface area contributed by atoms with Gasteiger partial charge in [0.05, 0.1) is 17.2 Å². The van der Waals surface area contributed by atoms with E-state index in [1.165, 1.54) is 0 Å². The first-order valence-electron chi connectivity index (χ1n) is 8.55. The van der Waals surface area contributed by atoms with Crippen LogP contribution in [0.2, 0.25) is 0 Å². The van der Waals surface area contributed by atoms with Gasteiger partial charge in [0.25, 0.3) is 0 Å². The Morgan fingerprint density at radius 3 is 2.30 bits per heavy atom. The average molecular weight is 352 g/mol. The van der Waals surface area contributed by atoms with Gasteiger partial charge < -0.3 is 4.74 Å². The summed E-state index contributed by atoms with van der Waals surface area (Å²) >= 11 is 0. The zero-order chi connectivity index (χ0) is 18.5. The molecule has 4 nitrogen and oxygen atoms in total. The van der Waals surface area contributed by atoms with Gasteiger partial charge in [0, 0.05) is 5.56 Å². The highest BCUT2D eigenvalue weighted by Gasteiger charge is 2.05. The van der Waals surface area contributed by atoms with Crippen LogP contribution in [0.1, 0.15) is 15.9 Å². The zero-order valence-corrected chi connectivity index (χ0v) is 14.4. The molecule has 0 saturated heterocycles. The van der Waals surface area contributed by atoms with Gasteiger partial charge in [0.2, 0.25) is 5.88 Å². The number of fused-ring (bicyclic) bond motifs is 1. The van der Waals surface area contributed by atoms with Gasteiger partial charge in [-0.25, -0.2) is 9.97 Å². The molecule has 0 fully saturated rings. The number of rotatable bonds is 5. The first-order valence-corrected chi connectivity index (χ1v) is 8.55. The number of ketones is 1. The van der Waals surface area contributed by atoms with Gasteiger partial charge in [-0.05, 0) is 48.0 Å². The molecule has 0 saturated carbocycles. The summed E-state index contributed by atoms with van der Waals surface area (Å²) in [4.78, 5) is 21.0. The minimum absolute atomic E-state index is 0.0594. The maximum atomic E-state index is 12.3. The van der Waals surface area contributed by atoms with Crippen molar-refractivity contribution < 1.29 is 9.53 Å². The predicted molar refractivity (Wildman–Crippen MR) is 106 cm³/mol. The molecule has 0 aliphatic heterocycles.